The van der Waals surface area contributed by atoms with Gasteiger partial charge in [-0.2, -0.15) is 0 Å². The van der Waals surface area contributed by atoms with Gasteiger partial charge >= 0.3 is 0 Å². The first kappa shape index (κ1) is 14.7. The van der Waals surface area contributed by atoms with Crippen LogP contribution in [0, 0.1) is 0 Å². The van der Waals surface area contributed by atoms with Gasteiger partial charge < -0.3 is 14.3 Å². The lowest BCUT2D eigenvalue weighted by atomic mass is 10.1. The molecule has 3 nitrogen and oxygen atoms in total. The second-order valence-corrected chi connectivity index (χ2v) is 4.61. The summed E-state index contributed by atoms with van der Waals surface area (Å²) in [5, 5.41) is 0. The van der Waals surface area contributed by atoms with Gasteiger partial charge in [0.25, 0.3) is 0 Å². The molecule has 18 heavy (non-hydrogen) atoms. The molecular formula is C15H22O3. The van der Waals surface area contributed by atoms with Gasteiger partial charge in [0.2, 0.25) is 0 Å². The number of ether oxygens (including phenoxy) is 2. The predicted molar refractivity (Wildman–Crippen MR) is 72.0 cm³/mol. The molecule has 1 aromatic carbocycles. The number of benzene rings is 1. The molecule has 0 spiro atoms. The first-order valence-corrected chi connectivity index (χ1v) is 6.40. The van der Waals surface area contributed by atoms with Gasteiger partial charge in [-0.05, 0) is 44.9 Å². The Morgan fingerprint density at radius 3 is 2.39 bits per heavy atom. The number of ketones is 1. The van der Waals surface area contributed by atoms with Crippen LogP contribution >= 0.6 is 0 Å². The summed E-state index contributed by atoms with van der Waals surface area (Å²) >= 11 is 0. The summed E-state index contributed by atoms with van der Waals surface area (Å²) in [7, 11) is 0. The molecular weight excluding hydrogens is 228 g/mol. The number of rotatable bonds is 8. The molecule has 0 amide bonds. The molecule has 0 bridgehead atoms. The quantitative estimate of drug-likeness (QED) is 0.665. The van der Waals surface area contributed by atoms with Crippen molar-refractivity contribution in [1.29, 1.82) is 0 Å². The number of aryl methyl sites for hydroxylation is 1. The Labute approximate surface area is 109 Å². The number of hydrogen-bond donors (Lipinski definition) is 0. The first-order chi connectivity index (χ1) is 8.58. The molecule has 0 aliphatic rings. The van der Waals surface area contributed by atoms with E-state index in [1.54, 1.807) is 6.92 Å². The Morgan fingerprint density at radius 2 is 1.83 bits per heavy atom. The number of carbonyl (C=O) groups excluding carboxylic acids is 1. The lowest BCUT2D eigenvalue weighted by Crippen LogP contribution is -2.11. The molecule has 0 aliphatic carbocycles. The third kappa shape index (κ3) is 6.40. The van der Waals surface area contributed by atoms with E-state index >= 15 is 0 Å². The maximum Gasteiger partial charge on any atom is 0.130 e. The van der Waals surface area contributed by atoms with Gasteiger partial charge in [-0.15, -0.1) is 0 Å². The van der Waals surface area contributed by atoms with Crippen molar-refractivity contribution >= 4 is 5.78 Å². The molecule has 1 aromatic rings. The Morgan fingerprint density at radius 1 is 1.17 bits per heavy atom. The Kier molecular flexibility index (Phi) is 6.44. The van der Waals surface area contributed by atoms with Gasteiger partial charge in [0.1, 0.15) is 18.1 Å². The first-order valence-electron chi connectivity index (χ1n) is 6.40. The van der Waals surface area contributed by atoms with Gasteiger partial charge in [-0.1, -0.05) is 12.1 Å². The fourth-order valence-electron chi connectivity index (χ4n) is 1.52. The minimum Gasteiger partial charge on any atom is -0.491 e. The molecule has 100 valence electrons. The highest BCUT2D eigenvalue weighted by molar-refractivity contribution is 5.75. The van der Waals surface area contributed by atoms with E-state index in [1.807, 2.05) is 38.1 Å². The summed E-state index contributed by atoms with van der Waals surface area (Å²) in [6.07, 6.45) is 1.64. The zero-order valence-corrected chi connectivity index (χ0v) is 11.4. The maximum absolute atomic E-state index is 10.9. The molecule has 0 aliphatic heterocycles. The largest absolute Gasteiger partial charge is 0.491 e. The molecule has 0 unspecified atom stereocenters. The van der Waals surface area contributed by atoms with Crippen molar-refractivity contribution in [2.45, 2.75) is 39.7 Å². The van der Waals surface area contributed by atoms with E-state index in [9.17, 15) is 4.79 Å². The summed E-state index contributed by atoms with van der Waals surface area (Å²) < 4.78 is 10.9. The summed E-state index contributed by atoms with van der Waals surface area (Å²) in [6.45, 7) is 6.79. The van der Waals surface area contributed by atoms with Crippen molar-refractivity contribution in [2.24, 2.45) is 0 Å². The second kappa shape index (κ2) is 7.88. The molecule has 1 rings (SSSR count). The van der Waals surface area contributed by atoms with Gasteiger partial charge in [0.15, 0.2) is 0 Å². The SMILES string of the molecule is CC(=O)CCc1ccc(OCCOC(C)C)cc1. The van der Waals surface area contributed by atoms with Crippen molar-refractivity contribution in [3.8, 4) is 5.75 Å². The molecule has 0 fully saturated rings. The standard InChI is InChI=1S/C15H22O3/c1-12(2)17-10-11-18-15-8-6-14(7-9-15)5-4-13(3)16/h6-9,12H,4-5,10-11H2,1-3H3. The average Bonchev–Trinajstić information content (AvgIpc) is 2.33. The molecule has 0 aromatic heterocycles. The van der Waals surface area contributed by atoms with E-state index in [4.69, 9.17) is 9.47 Å². The monoisotopic (exact) mass is 250 g/mol. The smallest absolute Gasteiger partial charge is 0.130 e. The van der Waals surface area contributed by atoms with E-state index in [-0.39, 0.29) is 11.9 Å². The molecule has 0 heterocycles. The van der Waals surface area contributed by atoms with Crippen molar-refractivity contribution < 1.29 is 14.3 Å². The van der Waals surface area contributed by atoms with Gasteiger partial charge in [0.05, 0.1) is 12.7 Å². The van der Waals surface area contributed by atoms with Gasteiger partial charge in [0, 0.05) is 6.42 Å². The summed E-state index contributed by atoms with van der Waals surface area (Å²) in [5.41, 5.74) is 1.16. The topological polar surface area (TPSA) is 35.5 Å². The van der Waals surface area contributed by atoms with Crippen LogP contribution in [-0.2, 0) is 16.0 Å². The summed E-state index contributed by atoms with van der Waals surface area (Å²) in [5.74, 6) is 1.06. The highest BCUT2D eigenvalue weighted by Crippen LogP contribution is 2.13. The van der Waals surface area contributed by atoms with Crippen LogP contribution in [0.2, 0.25) is 0 Å². The Balaban J connectivity index is 2.29. The van der Waals surface area contributed by atoms with E-state index in [0.717, 1.165) is 17.7 Å². The number of hydrogen-bond acceptors (Lipinski definition) is 3. The molecule has 0 N–H and O–H groups in total. The molecule has 0 atom stereocenters. The number of carbonyl (C=O) groups is 1. The third-order valence-corrected chi connectivity index (χ3v) is 2.49. The fourth-order valence-corrected chi connectivity index (χ4v) is 1.52. The van der Waals surface area contributed by atoms with Crippen LogP contribution in [0.5, 0.6) is 5.75 Å². The maximum atomic E-state index is 10.9. The molecule has 0 radical (unpaired) electrons. The van der Waals surface area contributed by atoms with Crippen LogP contribution in [0.15, 0.2) is 24.3 Å². The van der Waals surface area contributed by atoms with Crippen LogP contribution in [0.25, 0.3) is 0 Å². The lowest BCUT2D eigenvalue weighted by molar-refractivity contribution is -0.116. The second-order valence-electron chi connectivity index (χ2n) is 4.61. The minimum atomic E-state index is 0.223. The van der Waals surface area contributed by atoms with Crippen LogP contribution in [0.1, 0.15) is 32.8 Å². The van der Waals surface area contributed by atoms with Gasteiger partial charge in [-0.25, -0.2) is 0 Å². The zero-order chi connectivity index (χ0) is 13.4. The Bertz CT molecular complexity index is 355. The predicted octanol–water partition coefficient (Wildman–Crippen LogP) is 3.01. The van der Waals surface area contributed by atoms with Gasteiger partial charge in [-0.3, -0.25) is 0 Å². The van der Waals surface area contributed by atoms with Crippen LogP contribution in [0.4, 0.5) is 0 Å². The third-order valence-electron chi connectivity index (χ3n) is 2.49. The van der Waals surface area contributed by atoms with Crippen molar-refractivity contribution in [3.05, 3.63) is 29.8 Å². The molecule has 3 heteroatoms. The van der Waals surface area contributed by atoms with E-state index < -0.39 is 0 Å². The zero-order valence-electron chi connectivity index (χ0n) is 11.4. The van der Waals surface area contributed by atoms with Crippen molar-refractivity contribution in [2.75, 3.05) is 13.2 Å². The highest BCUT2D eigenvalue weighted by Gasteiger charge is 1.99. The van der Waals surface area contributed by atoms with E-state index in [2.05, 4.69) is 0 Å². The van der Waals surface area contributed by atoms with E-state index in [1.165, 1.54) is 0 Å². The van der Waals surface area contributed by atoms with Crippen LogP contribution in [-0.4, -0.2) is 25.1 Å². The summed E-state index contributed by atoms with van der Waals surface area (Å²) in [4.78, 5) is 10.9. The Hall–Kier alpha value is -1.35. The number of Topliss-reactive ketones (excluding diaryl/α,β-unsaturated/α-hetero) is 1. The lowest BCUT2D eigenvalue weighted by Gasteiger charge is -2.09. The van der Waals surface area contributed by atoms with E-state index in [0.29, 0.717) is 19.6 Å². The fraction of sp³-hybridized carbons (Fsp3) is 0.533. The molecule has 0 saturated heterocycles. The van der Waals surface area contributed by atoms with Crippen LogP contribution in [0.3, 0.4) is 0 Å². The van der Waals surface area contributed by atoms with Crippen LogP contribution < -0.4 is 4.74 Å². The highest BCUT2D eigenvalue weighted by atomic mass is 16.5. The average molecular weight is 250 g/mol. The molecule has 0 saturated carbocycles. The van der Waals surface area contributed by atoms with Crippen molar-refractivity contribution in [3.63, 3.8) is 0 Å². The normalized spacial score (nSPS) is 10.7. The minimum absolute atomic E-state index is 0.223. The van der Waals surface area contributed by atoms with Crippen molar-refractivity contribution in [1.82, 2.24) is 0 Å². The summed E-state index contributed by atoms with van der Waals surface area (Å²) in [6, 6.07) is 7.87.